The third-order valence-electron chi connectivity index (χ3n) is 3.50. The Morgan fingerprint density at radius 1 is 1.41 bits per heavy atom. The van der Waals surface area contributed by atoms with Gasteiger partial charge >= 0.3 is 0 Å². The van der Waals surface area contributed by atoms with Crippen LogP contribution in [0.2, 0.25) is 0 Å². The van der Waals surface area contributed by atoms with Crippen LogP contribution in [0.25, 0.3) is 0 Å². The number of hydrogen-bond donors (Lipinski definition) is 1. The van der Waals surface area contributed by atoms with Crippen LogP contribution in [-0.4, -0.2) is 24.2 Å². The highest BCUT2D eigenvalue weighted by Crippen LogP contribution is 2.33. The Bertz CT molecular complexity index is 401. The Balaban J connectivity index is 2.56. The summed E-state index contributed by atoms with van der Waals surface area (Å²) >= 11 is 0. The molecule has 0 aromatic carbocycles. The topological polar surface area (TPSA) is 36.4 Å². The summed E-state index contributed by atoms with van der Waals surface area (Å²) in [6, 6.07) is 2.16. The highest BCUT2D eigenvalue weighted by molar-refractivity contribution is 5.56. The van der Waals surface area contributed by atoms with E-state index in [0.29, 0.717) is 0 Å². The summed E-state index contributed by atoms with van der Waals surface area (Å²) in [5, 5.41) is 10.2. The van der Waals surface area contributed by atoms with Crippen molar-refractivity contribution in [2.75, 3.05) is 19.0 Å². The lowest BCUT2D eigenvalue weighted by Crippen LogP contribution is -2.15. The number of pyridine rings is 1. The van der Waals surface area contributed by atoms with Crippen LogP contribution in [-0.2, 0) is 12.8 Å². The molecule has 1 aliphatic carbocycles. The van der Waals surface area contributed by atoms with Gasteiger partial charge in [0.05, 0.1) is 11.8 Å². The second kappa shape index (κ2) is 5.05. The molecule has 1 unspecified atom stereocenters. The van der Waals surface area contributed by atoms with Gasteiger partial charge in [-0.1, -0.05) is 13.3 Å². The molecule has 1 aromatic heterocycles. The van der Waals surface area contributed by atoms with Crippen LogP contribution in [0.3, 0.4) is 0 Å². The number of anilines is 1. The van der Waals surface area contributed by atoms with E-state index in [-0.39, 0.29) is 6.10 Å². The number of fused-ring (bicyclic) bond motifs is 1. The fourth-order valence-corrected chi connectivity index (χ4v) is 2.52. The average Bonchev–Trinajstić information content (AvgIpc) is 2.50. The number of nitrogens with zero attached hydrogens (tertiary/aromatic N) is 2. The quantitative estimate of drug-likeness (QED) is 0.799. The highest BCUT2D eigenvalue weighted by Gasteiger charge is 2.22. The van der Waals surface area contributed by atoms with Crippen LogP contribution in [0.15, 0.2) is 6.07 Å². The van der Waals surface area contributed by atoms with E-state index in [0.717, 1.165) is 43.5 Å². The van der Waals surface area contributed by atoms with Gasteiger partial charge in [-0.3, -0.25) is 4.98 Å². The van der Waals surface area contributed by atoms with E-state index in [2.05, 4.69) is 37.0 Å². The molecule has 0 spiro atoms. The van der Waals surface area contributed by atoms with Crippen LogP contribution in [0.4, 0.5) is 5.69 Å². The van der Waals surface area contributed by atoms with Crippen molar-refractivity contribution < 1.29 is 5.11 Å². The Hall–Kier alpha value is -1.09. The van der Waals surface area contributed by atoms with Crippen molar-refractivity contribution in [1.82, 2.24) is 4.98 Å². The first-order valence-corrected chi connectivity index (χ1v) is 6.51. The predicted molar refractivity (Wildman–Crippen MR) is 70.5 cm³/mol. The summed E-state index contributed by atoms with van der Waals surface area (Å²) in [6.45, 7) is 2.11. The van der Waals surface area contributed by atoms with Gasteiger partial charge in [0.25, 0.3) is 0 Å². The van der Waals surface area contributed by atoms with Crippen molar-refractivity contribution >= 4 is 5.69 Å². The van der Waals surface area contributed by atoms with Gasteiger partial charge in [0.1, 0.15) is 0 Å². The molecule has 1 N–H and O–H groups in total. The molecular formula is C14H22N2O. The SMILES string of the molecule is CCc1cc(N(C)C)c2c(n1)C(O)CCCC2. The van der Waals surface area contributed by atoms with Crippen LogP contribution in [0.5, 0.6) is 0 Å². The molecule has 1 heterocycles. The van der Waals surface area contributed by atoms with Gasteiger partial charge in [0.2, 0.25) is 0 Å². The summed E-state index contributed by atoms with van der Waals surface area (Å²) in [7, 11) is 4.12. The third-order valence-corrected chi connectivity index (χ3v) is 3.50. The summed E-state index contributed by atoms with van der Waals surface area (Å²) in [4.78, 5) is 6.78. The van der Waals surface area contributed by atoms with Crippen molar-refractivity contribution in [2.24, 2.45) is 0 Å². The Morgan fingerprint density at radius 2 is 2.18 bits per heavy atom. The molecule has 1 aliphatic rings. The monoisotopic (exact) mass is 234 g/mol. The minimum absolute atomic E-state index is 0.377. The van der Waals surface area contributed by atoms with Crippen molar-refractivity contribution in [2.45, 2.75) is 45.1 Å². The average molecular weight is 234 g/mol. The van der Waals surface area contributed by atoms with Crippen molar-refractivity contribution in [3.8, 4) is 0 Å². The molecule has 94 valence electrons. The first-order valence-electron chi connectivity index (χ1n) is 6.51. The van der Waals surface area contributed by atoms with Crippen LogP contribution >= 0.6 is 0 Å². The maximum absolute atomic E-state index is 10.2. The van der Waals surface area contributed by atoms with Gasteiger partial charge in [-0.15, -0.1) is 0 Å². The first-order chi connectivity index (χ1) is 8.13. The zero-order valence-corrected chi connectivity index (χ0v) is 11.0. The van der Waals surface area contributed by atoms with Crippen molar-refractivity contribution in [1.29, 1.82) is 0 Å². The van der Waals surface area contributed by atoms with Gasteiger partial charge in [-0.05, 0) is 37.3 Å². The van der Waals surface area contributed by atoms with E-state index in [1.165, 1.54) is 11.3 Å². The largest absolute Gasteiger partial charge is 0.387 e. The van der Waals surface area contributed by atoms with Gasteiger partial charge in [-0.25, -0.2) is 0 Å². The van der Waals surface area contributed by atoms with Gasteiger partial charge in [0, 0.05) is 25.5 Å². The number of hydrogen-bond acceptors (Lipinski definition) is 3. The van der Waals surface area contributed by atoms with E-state index >= 15 is 0 Å². The molecule has 1 aromatic rings. The highest BCUT2D eigenvalue weighted by atomic mass is 16.3. The van der Waals surface area contributed by atoms with Gasteiger partial charge < -0.3 is 10.0 Å². The second-order valence-electron chi connectivity index (χ2n) is 5.01. The molecular weight excluding hydrogens is 212 g/mol. The molecule has 1 atom stereocenters. The zero-order chi connectivity index (χ0) is 12.4. The lowest BCUT2D eigenvalue weighted by Gasteiger charge is -2.21. The van der Waals surface area contributed by atoms with E-state index < -0.39 is 0 Å². The number of aromatic nitrogens is 1. The minimum Gasteiger partial charge on any atom is -0.387 e. The van der Waals surface area contributed by atoms with E-state index in [9.17, 15) is 5.11 Å². The zero-order valence-electron chi connectivity index (χ0n) is 11.0. The van der Waals surface area contributed by atoms with Gasteiger partial charge in [0.15, 0.2) is 0 Å². The summed E-state index contributed by atoms with van der Waals surface area (Å²) in [6.07, 6.45) is 4.67. The number of aliphatic hydroxyl groups is 1. The Kier molecular flexibility index (Phi) is 3.67. The number of rotatable bonds is 2. The Labute approximate surface area is 103 Å². The Morgan fingerprint density at radius 3 is 2.82 bits per heavy atom. The van der Waals surface area contributed by atoms with E-state index in [4.69, 9.17) is 0 Å². The van der Waals surface area contributed by atoms with Crippen LogP contribution in [0, 0.1) is 0 Å². The summed E-state index contributed by atoms with van der Waals surface area (Å²) in [5.41, 5.74) is 4.48. The molecule has 3 nitrogen and oxygen atoms in total. The van der Waals surface area contributed by atoms with Crippen molar-refractivity contribution in [3.05, 3.63) is 23.0 Å². The van der Waals surface area contributed by atoms with E-state index in [1.54, 1.807) is 0 Å². The number of aryl methyl sites for hydroxylation is 1. The fraction of sp³-hybridized carbons (Fsp3) is 0.643. The number of aliphatic hydroxyl groups excluding tert-OH is 1. The molecule has 0 saturated carbocycles. The molecule has 0 fully saturated rings. The summed E-state index contributed by atoms with van der Waals surface area (Å²) < 4.78 is 0. The molecule has 2 rings (SSSR count). The van der Waals surface area contributed by atoms with Crippen LogP contribution < -0.4 is 4.90 Å². The standard InChI is InChI=1S/C14H22N2O/c1-4-10-9-12(16(2)3)11-7-5-6-8-13(17)14(11)15-10/h9,13,17H,4-8H2,1-3H3. The normalized spacial score (nSPS) is 19.6. The minimum atomic E-state index is -0.377. The first kappa shape index (κ1) is 12.4. The molecule has 0 bridgehead atoms. The lowest BCUT2D eigenvalue weighted by atomic mass is 10.0. The van der Waals surface area contributed by atoms with E-state index in [1.807, 2.05) is 0 Å². The maximum Gasteiger partial charge on any atom is 0.0963 e. The molecule has 0 aliphatic heterocycles. The predicted octanol–water partition coefficient (Wildman–Crippen LogP) is 2.47. The third kappa shape index (κ3) is 2.44. The molecule has 17 heavy (non-hydrogen) atoms. The van der Waals surface area contributed by atoms with Crippen LogP contribution in [0.1, 0.15) is 49.2 Å². The molecule has 0 saturated heterocycles. The fourth-order valence-electron chi connectivity index (χ4n) is 2.52. The lowest BCUT2D eigenvalue weighted by molar-refractivity contribution is 0.162. The molecule has 0 amide bonds. The smallest absolute Gasteiger partial charge is 0.0963 e. The molecule has 0 radical (unpaired) electrons. The second-order valence-corrected chi connectivity index (χ2v) is 5.01. The molecule has 3 heteroatoms. The summed E-state index contributed by atoms with van der Waals surface area (Å²) in [5.74, 6) is 0. The van der Waals surface area contributed by atoms with Gasteiger partial charge in [-0.2, -0.15) is 0 Å². The maximum atomic E-state index is 10.2. The van der Waals surface area contributed by atoms with Crippen molar-refractivity contribution in [3.63, 3.8) is 0 Å².